The third-order valence-electron chi connectivity index (χ3n) is 3.59. The van der Waals surface area contributed by atoms with Crippen LogP contribution < -0.4 is 4.72 Å². The van der Waals surface area contributed by atoms with Crippen LogP contribution in [0.2, 0.25) is 0 Å². The van der Waals surface area contributed by atoms with Gasteiger partial charge in [0.05, 0.1) is 17.5 Å². The van der Waals surface area contributed by atoms with Crippen molar-refractivity contribution in [2.75, 3.05) is 19.7 Å². The fourth-order valence-corrected chi connectivity index (χ4v) is 3.55. The molecule has 0 saturated carbocycles. The highest BCUT2D eigenvalue weighted by Crippen LogP contribution is 2.20. The molecule has 1 aromatic rings. The molecule has 116 valence electrons. The summed E-state index contributed by atoms with van der Waals surface area (Å²) in [4.78, 5) is 14.1. The van der Waals surface area contributed by atoms with Crippen molar-refractivity contribution in [3.63, 3.8) is 0 Å². The van der Waals surface area contributed by atoms with E-state index < -0.39 is 10.0 Å². The number of nitrogens with one attached hydrogen (secondary N) is 1. The maximum absolute atomic E-state index is 12.4. The summed E-state index contributed by atoms with van der Waals surface area (Å²) in [6, 6.07) is 5.74. The SMILES string of the molecule is CCNS(=O)(=O)c1ccc(C(=O)N2CCC[C@@H]2CO)cc1. The van der Waals surface area contributed by atoms with E-state index in [4.69, 9.17) is 0 Å². The van der Waals surface area contributed by atoms with Gasteiger partial charge in [0.25, 0.3) is 5.91 Å². The largest absolute Gasteiger partial charge is 0.394 e. The third-order valence-corrected chi connectivity index (χ3v) is 5.16. The predicted octanol–water partition coefficient (Wildman–Crippen LogP) is 0.582. The number of hydrogen-bond donors (Lipinski definition) is 2. The van der Waals surface area contributed by atoms with Gasteiger partial charge in [-0.05, 0) is 37.1 Å². The highest BCUT2D eigenvalue weighted by molar-refractivity contribution is 7.89. The number of aliphatic hydroxyl groups is 1. The van der Waals surface area contributed by atoms with Crippen LogP contribution in [-0.2, 0) is 10.0 Å². The van der Waals surface area contributed by atoms with Crippen LogP contribution in [-0.4, -0.2) is 50.1 Å². The Labute approximate surface area is 124 Å². The molecule has 0 aliphatic carbocycles. The molecular formula is C14H20N2O4S. The van der Waals surface area contributed by atoms with Crippen LogP contribution in [0.1, 0.15) is 30.1 Å². The number of hydrogen-bond acceptors (Lipinski definition) is 4. The molecule has 6 nitrogen and oxygen atoms in total. The lowest BCUT2D eigenvalue weighted by Gasteiger charge is -2.23. The predicted molar refractivity (Wildman–Crippen MR) is 78.4 cm³/mol. The maximum Gasteiger partial charge on any atom is 0.254 e. The van der Waals surface area contributed by atoms with E-state index in [0.717, 1.165) is 12.8 Å². The summed E-state index contributed by atoms with van der Waals surface area (Å²) < 4.78 is 26.1. The molecule has 1 saturated heterocycles. The summed E-state index contributed by atoms with van der Waals surface area (Å²) in [7, 11) is -3.50. The van der Waals surface area contributed by atoms with Crippen LogP contribution in [0.3, 0.4) is 0 Å². The van der Waals surface area contributed by atoms with Gasteiger partial charge in [0.15, 0.2) is 0 Å². The van der Waals surface area contributed by atoms with E-state index in [0.29, 0.717) is 18.7 Å². The topological polar surface area (TPSA) is 86.7 Å². The van der Waals surface area contributed by atoms with E-state index in [1.165, 1.54) is 24.3 Å². The van der Waals surface area contributed by atoms with Crippen LogP contribution in [0.25, 0.3) is 0 Å². The zero-order valence-electron chi connectivity index (χ0n) is 11.9. The molecule has 0 aromatic heterocycles. The highest BCUT2D eigenvalue weighted by Gasteiger charge is 2.28. The van der Waals surface area contributed by atoms with Gasteiger partial charge in [-0.15, -0.1) is 0 Å². The molecule has 1 heterocycles. The summed E-state index contributed by atoms with van der Waals surface area (Å²) in [5, 5.41) is 9.26. The minimum Gasteiger partial charge on any atom is -0.394 e. The second kappa shape index (κ2) is 6.55. The normalized spacial score (nSPS) is 19.0. The smallest absolute Gasteiger partial charge is 0.254 e. The Morgan fingerprint density at radius 1 is 1.38 bits per heavy atom. The van der Waals surface area contributed by atoms with Gasteiger partial charge in [0, 0.05) is 18.7 Å². The van der Waals surface area contributed by atoms with Gasteiger partial charge < -0.3 is 10.0 Å². The summed E-state index contributed by atoms with van der Waals surface area (Å²) in [6.07, 6.45) is 1.68. The quantitative estimate of drug-likeness (QED) is 0.833. The summed E-state index contributed by atoms with van der Waals surface area (Å²) in [5.74, 6) is -0.168. The monoisotopic (exact) mass is 312 g/mol. The number of rotatable bonds is 5. The van der Waals surface area contributed by atoms with Gasteiger partial charge in [-0.25, -0.2) is 13.1 Å². The van der Waals surface area contributed by atoms with Gasteiger partial charge >= 0.3 is 0 Å². The third kappa shape index (κ3) is 3.42. The molecule has 1 aromatic carbocycles. The number of likely N-dealkylation sites (tertiary alicyclic amines) is 1. The second-order valence-electron chi connectivity index (χ2n) is 5.00. The van der Waals surface area contributed by atoms with Crippen molar-refractivity contribution in [1.29, 1.82) is 0 Å². The zero-order valence-corrected chi connectivity index (χ0v) is 12.8. The van der Waals surface area contributed by atoms with Gasteiger partial charge in [-0.2, -0.15) is 0 Å². The molecule has 1 atom stereocenters. The van der Waals surface area contributed by atoms with E-state index in [9.17, 15) is 18.3 Å². The van der Waals surface area contributed by atoms with Crippen molar-refractivity contribution in [2.24, 2.45) is 0 Å². The number of aliphatic hydroxyl groups excluding tert-OH is 1. The molecule has 0 radical (unpaired) electrons. The molecule has 2 N–H and O–H groups in total. The molecule has 7 heteroatoms. The zero-order chi connectivity index (χ0) is 15.5. The van der Waals surface area contributed by atoms with E-state index in [-0.39, 0.29) is 23.5 Å². The van der Waals surface area contributed by atoms with Crippen LogP contribution in [0.4, 0.5) is 0 Å². The van der Waals surface area contributed by atoms with Crippen molar-refractivity contribution in [3.8, 4) is 0 Å². The number of sulfonamides is 1. The Morgan fingerprint density at radius 3 is 2.62 bits per heavy atom. The highest BCUT2D eigenvalue weighted by atomic mass is 32.2. The first-order valence-electron chi connectivity index (χ1n) is 7.01. The number of carbonyl (C=O) groups excluding carboxylic acids is 1. The standard InChI is InChI=1S/C14H20N2O4S/c1-2-15-21(19,20)13-7-5-11(6-8-13)14(18)16-9-3-4-12(16)10-17/h5-8,12,15,17H,2-4,9-10H2,1H3/t12-/m1/s1. The Balaban J connectivity index is 2.17. The summed E-state index contributed by atoms with van der Waals surface area (Å²) in [5.41, 5.74) is 0.436. The van der Waals surface area contributed by atoms with Crippen LogP contribution in [0, 0.1) is 0 Å². The Hall–Kier alpha value is -1.44. The number of nitrogens with zero attached hydrogens (tertiary/aromatic N) is 1. The molecule has 0 unspecified atom stereocenters. The Morgan fingerprint density at radius 2 is 2.05 bits per heavy atom. The van der Waals surface area contributed by atoms with E-state index >= 15 is 0 Å². The molecule has 1 aliphatic rings. The molecule has 0 bridgehead atoms. The van der Waals surface area contributed by atoms with Gasteiger partial charge in [0.2, 0.25) is 10.0 Å². The summed E-state index contributed by atoms with van der Waals surface area (Å²) in [6.45, 7) is 2.60. The van der Waals surface area contributed by atoms with Gasteiger partial charge in [-0.1, -0.05) is 6.92 Å². The number of benzene rings is 1. The number of carbonyl (C=O) groups is 1. The van der Waals surface area contributed by atoms with Gasteiger partial charge in [0.1, 0.15) is 0 Å². The average Bonchev–Trinajstić information content (AvgIpc) is 2.95. The Bertz CT molecular complexity index is 598. The minimum absolute atomic E-state index is 0.0430. The van der Waals surface area contributed by atoms with Crippen molar-refractivity contribution < 1.29 is 18.3 Å². The fraction of sp³-hybridized carbons (Fsp3) is 0.500. The first-order chi connectivity index (χ1) is 9.99. The lowest BCUT2D eigenvalue weighted by atomic mass is 10.2. The van der Waals surface area contributed by atoms with Crippen molar-refractivity contribution in [1.82, 2.24) is 9.62 Å². The molecular weight excluding hydrogens is 292 g/mol. The molecule has 2 rings (SSSR count). The number of amides is 1. The Kier molecular flexibility index (Phi) is 4.97. The summed E-state index contributed by atoms with van der Waals surface area (Å²) >= 11 is 0. The molecule has 1 fully saturated rings. The van der Waals surface area contributed by atoms with Crippen molar-refractivity contribution in [3.05, 3.63) is 29.8 Å². The first-order valence-corrected chi connectivity index (χ1v) is 8.49. The lowest BCUT2D eigenvalue weighted by Crippen LogP contribution is -2.37. The van der Waals surface area contributed by atoms with Crippen LogP contribution in [0.5, 0.6) is 0 Å². The van der Waals surface area contributed by atoms with Crippen molar-refractivity contribution >= 4 is 15.9 Å². The van der Waals surface area contributed by atoms with Crippen molar-refractivity contribution in [2.45, 2.75) is 30.7 Å². The van der Waals surface area contributed by atoms with E-state index in [1.807, 2.05) is 0 Å². The maximum atomic E-state index is 12.4. The van der Waals surface area contributed by atoms with Gasteiger partial charge in [-0.3, -0.25) is 4.79 Å². The second-order valence-corrected chi connectivity index (χ2v) is 6.77. The molecule has 21 heavy (non-hydrogen) atoms. The first kappa shape index (κ1) is 15.9. The van der Waals surface area contributed by atoms with E-state index in [1.54, 1.807) is 11.8 Å². The molecule has 1 aliphatic heterocycles. The fourth-order valence-electron chi connectivity index (χ4n) is 2.51. The van der Waals surface area contributed by atoms with E-state index in [2.05, 4.69) is 4.72 Å². The van der Waals surface area contributed by atoms with Crippen LogP contribution >= 0.6 is 0 Å². The lowest BCUT2D eigenvalue weighted by molar-refractivity contribution is 0.0677. The minimum atomic E-state index is -3.50. The molecule has 0 spiro atoms. The molecule has 1 amide bonds. The average molecular weight is 312 g/mol. The van der Waals surface area contributed by atoms with Crippen LogP contribution in [0.15, 0.2) is 29.2 Å².